The highest BCUT2D eigenvalue weighted by Gasteiger charge is 2.42. The Bertz CT molecular complexity index is 579. The van der Waals surface area contributed by atoms with Gasteiger partial charge in [0, 0.05) is 10.5 Å². The molecule has 1 amide bonds. The Balaban J connectivity index is 2.09. The minimum absolute atomic E-state index is 0.333. The first-order valence-corrected chi connectivity index (χ1v) is 8.30. The molecular formula is C16H19F2NO3S. The average Bonchev–Trinajstić information content (AvgIpc) is 2.47. The molecule has 0 heterocycles. The van der Waals surface area contributed by atoms with Crippen LogP contribution in [0.2, 0.25) is 0 Å². The lowest BCUT2D eigenvalue weighted by Gasteiger charge is -2.39. The lowest BCUT2D eigenvalue weighted by atomic mass is 9.73. The summed E-state index contributed by atoms with van der Waals surface area (Å²) in [5.74, 6) is -4.41. The molecule has 1 aromatic rings. The lowest BCUT2D eigenvalue weighted by Crippen LogP contribution is -2.55. The third kappa shape index (κ3) is 4.43. The van der Waals surface area contributed by atoms with Crippen molar-refractivity contribution in [3.63, 3.8) is 0 Å². The second kappa shape index (κ2) is 7.29. The van der Waals surface area contributed by atoms with Crippen LogP contribution in [-0.4, -0.2) is 28.3 Å². The molecule has 2 unspecified atom stereocenters. The van der Waals surface area contributed by atoms with Gasteiger partial charge in [0.05, 0.1) is 11.5 Å². The third-order valence-corrected chi connectivity index (χ3v) is 4.97. The molecule has 1 aliphatic carbocycles. The summed E-state index contributed by atoms with van der Waals surface area (Å²) in [4.78, 5) is 24.1. The van der Waals surface area contributed by atoms with Crippen LogP contribution in [-0.2, 0) is 4.79 Å². The van der Waals surface area contributed by atoms with Crippen LogP contribution in [0.1, 0.15) is 43.0 Å². The van der Waals surface area contributed by atoms with Crippen molar-refractivity contribution in [1.82, 2.24) is 5.32 Å². The van der Waals surface area contributed by atoms with Gasteiger partial charge < -0.3 is 10.4 Å². The Morgan fingerprint density at radius 2 is 1.96 bits per heavy atom. The molecule has 4 nitrogen and oxygen atoms in total. The molecule has 1 aliphatic rings. The van der Waals surface area contributed by atoms with Crippen LogP contribution >= 0.6 is 11.8 Å². The molecule has 1 saturated carbocycles. The number of benzene rings is 1. The smallest absolute Gasteiger partial charge is 0.308 e. The second-order valence-corrected chi connectivity index (χ2v) is 6.97. The number of hydrogen-bond donors (Lipinski definition) is 2. The highest BCUT2D eigenvalue weighted by Crippen LogP contribution is 2.34. The molecule has 0 spiro atoms. The van der Waals surface area contributed by atoms with Gasteiger partial charge in [-0.15, -0.1) is 0 Å². The van der Waals surface area contributed by atoms with E-state index in [1.54, 1.807) is 6.92 Å². The maximum absolute atomic E-state index is 12.4. The number of aliphatic carboxylic acids is 1. The van der Waals surface area contributed by atoms with E-state index >= 15 is 0 Å². The van der Waals surface area contributed by atoms with Crippen LogP contribution in [0, 0.1) is 5.92 Å². The first-order valence-electron chi connectivity index (χ1n) is 7.42. The van der Waals surface area contributed by atoms with E-state index in [4.69, 9.17) is 0 Å². The van der Waals surface area contributed by atoms with Gasteiger partial charge in [0.2, 0.25) is 0 Å². The van der Waals surface area contributed by atoms with Crippen molar-refractivity contribution in [2.45, 2.75) is 48.8 Å². The number of hydrogen-bond acceptors (Lipinski definition) is 3. The minimum atomic E-state index is -2.51. The number of amides is 1. The van der Waals surface area contributed by atoms with Crippen molar-refractivity contribution >= 4 is 23.6 Å². The van der Waals surface area contributed by atoms with E-state index in [0.717, 1.165) is 12.8 Å². The molecule has 2 N–H and O–H groups in total. The Hall–Kier alpha value is -1.63. The van der Waals surface area contributed by atoms with Crippen LogP contribution in [0.4, 0.5) is 8.78 Å². The topological polar surface area (TPSA) is 66.4 Å². The Morgan fingerprint density at radius 1 is 1.30 bits per heavy atom. The molecule has 0 aliphatic heterocycles. The lowest BCUT2D eigenvalue weighted by molar-refractivity contribution is -0.145. The molecule has 0 saturated heterocycles. The SMILES string of the molecule is CC1(NC(=O)c2ccc(SC(F)F)cc2)CCCCC1C(=O)O. The Labute approximate surface area is 137 Å². The van der Waals surface area contributed by atoms with Gasteiger partial charge >= 0.3 is 5.97 Å². The van der Waals surface area contributed by atoms with Gasteiger partial charge in [-0.05, 0) is 44.0 Å². The predicted molar refractivity (Wildman–Crippen MR) is 83.8 cm³/mol. The molecular weight excluding hydrogens is 324 g/mol. The number of carbonyl (C=O) groups is 2. The monoisotopic (exact) mass is 343 g/mol. The molecule has 23 heavy (non-hydrogen) atoms. The maximum Gasteiger partial charge on any atom is 0.308 e. The Kier molecular flexibility index (Phi) is 5.62. The molecule has 7 heteroatoms. The van der Waals surface area contributed by atoms with Gasteiger partial charge in [-0.1, -0.05) is 24.6 Å². The zero-order chi connectivity index (χ0) is 17.0. The number of thioether (sulfide) groups is 1. The number of alkyl halides is 2. The normalized spacial score (nSPS) is 24.4. The number of rotatable bonds is 5. The van der Waals surface area contributed by atoms with E-state index in [1.165, 1.54) is 24.3 Å². The quantitative estimate of drug-likeness (QED) is 0.799. The van der Waals surface area contributed by atoms with Gasteiger partial charge in [0.1, 0.15) is 0 Å². The van der Waals surface area contributed by atoms with E-state index in [9.17, 15) is 23.5 Å². The molecule has 2 atom stereocenters. The number of carbonyl (C=O) groups excluding carboxylic acids is 1. The number of nitrogens with one attached hydrogen (secondary N) is 1. The fourth-order valence-corrected chi connectivity index (χ4v) is 3.50. The summed E-state index contributed by atoms with van der Waals surface area (Å²) >= 11 is 0.415. The van der Waals surface area contributed by atoms with E-state index < -0.39 is 23.2 Å². The summed E-state index contributed by atoms with van der Waals surface area (Å²) in [5, 5.41) is 12.2. The summed E-state index contributed by atoms with van der Waals surface area (Å²) in [5.41, 5.74) is -0.461. The van der Waals surface area contributed by atoms with Crippen molar-refractivity contribution < 1.29 is 23.5 Å². The summed E-state index contributed by atoms with van der Waals surface area (Å²) in [7, 11) is 0. The van der Waals surface area contributed by atoms with Crippen LogP contribution in [0.5, 0.6) is 0 Å². The molecule has 1 aromatic carbocycles. The summed E-state index contributed by atoms with van der Waals surface area (Å²) in [6.07, 6.45) is 2.84. The largest absolute Gasteiger partial charge is 0.481 e. The van der Waals surface area contributed by atoms with Gasteiger partial charge in [0.15, 0.2) is 0 Å². The molecule has 1 fully saturated rings. The van der Waals surface area contributed by atoms with Crippen LogP contribution in [0.3, 0.4) is 0 Å². The summed E-state index contributed by atoms with van der Waals surface area (Å²) in [6.45, 7) is 1.75. The highest BCUT2D eigenvalue weighted by molar-refractivity contribution is 7.99. The zero-order valence-corrected chi connectivity index (χ0v) is 13.5. The molecule has 0 aromatic heterocycles. The maximum atomic E-state index is 12.4. The Morgan fingerprint density at radius 3 is 2.52 bits per heavy atom. The molecule has 0 bridgehead atoms. The minimum Gasteiger partial charge on any atom is -0.481 e. The first kappa shape index (κ1) is 17.7. The second-order valence-electron chi connectivity index (χ2n) is 5.91. The van der Waals surface area contributed by atoms with Crippen LogP contribution in [0.15, 0.2) is 29.2 Å². The van der Waals surface area contributed by atoms with Crippen molar-refractivity contribution in [2.24, 2.45) is 5.92 Å². The van der Waals surface area contributed by atoms with E-state index in [2.05, 4.69) is 5.32 Å². The van der Waals surface area contributed by atoms with E-state index in [1.807, 2.05) is 0 Å². The fourth-order valence-electron chi connectivity index (χ4n) is 3.00. The summed E-state index contributed by atoms with van der Waals surface area (Å²) < 4.78 is 24.6. The van der Waals surface area contributed by atoms with Crippen molar-refractivity contribution in [2.75, 3.05) is 0 Å². The van der Waals surface area contributed by atoms with Gasteiger partial charge in [-0.25, -0.2) is 0 Å². The summed E-state index contributed by atoms with van der Waals surface area (Å²) in [6, 6.07) is 5.87. The average molecular weight is 343 g/mol. The number of carboxylic acid groups (broad SMARTS) is 1. The van der Waals surface area contributed by atoms with Crippen molar-refractivity contribution in [1.29, 1.82) is 0 Å². The fraction of sp³-hybridized carbons (Fsp3) is 0.500. The van der Waals surface area contributed by atoms with E-state index in [0.29, 0.717) is 35.1 Å². The van der Waals surface area contributed by atoms with Crippen LogP contribution < -0.4 is 5.32 Å². The van der Waals surface area contributed by atoms with E-state index in [-0.39, 0.29) is 5.91 Å². The highest BCUT2D eigenvalue weighted by atomic mass is 32.2. The standard InChI is InChI=1S/C16H19F2NO3S/c1-16(9-3-2-4-12(16)14(21)22)19-13(20)10-5-7-11(8-6-10)23-15(17)18/h5-8,12,15H,2-4,9H2,1H3,(H,19,20)(H,21,22). The number of carboxylic acids is 1. The zero-order valence-electron chi connectivity index (χ0n) is 12.7. The molecule has 2 rings (SSSR count). The van der Waals surface area contributed by atoms with Crippen LogP contribution in [0.25, 0.3) is 0 Å². The first-order chi connectivity index (χ1) is 10.8. The van der Waals surface area contributed by atoms with Gasteiger partial charge in [-0.2, -0.15) is 8.78 Å². The molecule has 0 radical (unpaired) electrons. The van der Waals surface area contributed by atoms with Gasteiger partial charge in [-0.3, -0.25) is 9.59 Å². The molecule has 126 valence electrons. The predicted octanol–water partition coefficient (Wildman–Crippen LogP) is 3.76. The number of halogens is 2. The van der Waals surface area contributed by atoms with Crippen molar-refractivity contribution in [3.8, 4) is 0 Å². The van der Waals surface area contributed by atoms with Gasteiger partial charge in [0.25, 0.3) is 11.7 Å². The van der Waals surface area contributed by atoms with Crippen molar-refractivity contribution in [3.05, 3.63) is 29.8 Å². The third-order valence-electron chi connectivity index (χ3n) is 4.25.